The molecule has 0 fully saturated rings. The Morgan fingerprint density at radius 3 is 2.26 bits per heavy atom. The van der Waals surface area contributed by atoms with Gasteiger partial charge in [-0.3, -0.25) is 9.10 Å². The molecule has 0 aliphatic carbocycles. The molecule has 1 N–H and O–H groups in total. The summed E-state index contributed by atoms with van der Waals surface area (Å²) < 4.78 is 32.8. The zero-order valence-electron chi connectivity index (χ0n) is 16.2. The summed E-state index contributed by atoms with van der Waals surface area (Å²) in [4.78, 5) is 12.9. The van der Waals surface area contributed by atoms with Crippen LogP contribution in [0.2, 0.25) is 15.1 Å². The second-order valence-corrected chi connectivity index (χ2v) is 9.46. The average Bonchev–Trinajstić information content (AvgIpc) is 2.73. The van der Waals surface area contributed by atoms with Crippen molar-refractivity contribution in [2.24, 2.45) is 0 Å². The lowest BCUT2D eigenvalue weighted by molar-refractivity contribution is -0.114. The highest BCUT2D eigenvalue weighted by Gasteiger charge is 2.29. The molecule has 3 aromatic rings. The van der Waals surface area contributed by atoms with Gasteiger partial charge in [0.25, 0.3) is 10.0 Å². The number of nitrogens with one attached hydrogen (secondary N) is 1. The molecule has 3 rings (SSSR count). The zero-order chi connectivity index (χ0) is 22.6. The zero-order valence-corrected chi connectivity index (χ0v) is 19.3. The van der Waals surface area contributed by atoms with E-state index in [0.29, 0.717) is 21.5 Å². The van der Waals surface area contributed by atoms with E-state index in [4.69, 9.17) is 39.5 Å². The molecule has 6 nitrogen and oxygen atoms in total. The third kappa shape index (κ3) is 5.43. The maximum absolute atomic E-state index is 13.3. The number of amides is 1. The topological polar surface area (TPSA) is 75.7 Å². The molecule has 3 aromatic carbocycles. The number of ether oxygens (including phenoxy) is 1. The Hall–Kier alpha value is -2.45. The molecular formula is C21H17Cl3N2O4S. The van der Waals surface area contributed by atoms with Gasteiger partial charge in [-0.15, -0.1) is 0 Å². The molecule has 0 atom stereocenters. The first-order valence-corrected chi connectivity index (χ1v) is 11.5. The lowest BCUT2D eigenvalue weighted by Gasteiger charge is -2.25. The van der Waals surface area contributed by atoms with Crippen LogP contribution in [0.1, 0.15) is 0 Å². The van der Waals surface area contributed by atoms with E-state index in [9.17, 15) is 13.2 Å². The molecule has 0 aromatic heterocycles. The Labute approximate surface area is 195 Å². The van der Waals surface area contributed by atoms with Gasteiger partial charge < -0.3 is 10.1 Å². The summed E-state index contributed by atoms with van der Waals surface area (Å²) in [5.41, 5.74) is 0.419. The molecule has 0 aliphatic heterocycles. The van der Waals surface area contributed by atoms with Crippen LogP contribution in [0.15, 0.2) is 71.6 Å². The first-order chi connectivity index (χ1) is 14.7. The Bertz CT molecular complexity index is 1200. The number of anilines is 2. The number of methoxy groups -OCH3 is 1. The molecule has 0 unspecified atom stereocenters. The number of nitrogens with zero attached hydrogens (tertiary/aromatic N) is 1. The molecular weight excluding hydrogens is 483 g/mol. The van der Waals surface area contributed by atoms with Crippen LogP contribution in [-0.4, -0.2) is 28.0 Å². The Kier molecular flexibility index (Phi) is 7.33. The van der Waals surface area contributed by atoms with Gasteiger partial charge in [0.2, 0.25) is 5.91 Å². The highest BCUT2D eigenvalue weighted by atomic mass is 35.5. The second kappa shape index (κ2) is 9.78. The summed E-state index contributed by atoms with van der Waals surface area (Å²) in [6, 6.07) is 16.8. The van der Waals surface area contributed by atoms with E-state index in [1.165, 1.54) is 43.5 Å². The van der Waals surface area contributed by atoms with Crippen LogP contribution >= 0.6 is 34.8 Å². The van der Waals surface area contributed by atoms with Crippen LogP contribution < -0.4 is 14.4 Å². The lowest BCUT2D eigenvalue weighted by Crippen LogP contribution is -2.38. The highest BCUT2D eigenvalue weighted by molar-refractivity contribution is 7.92. The van der Waals surface area contributed by atoms with Crippen LogP contribution in [0.4, 0.5) is 11.4 Å². The van der Waals surface area contributed by atoms with Gasteiger partial charge in [-0.25, -0.2) is 8.42 Å². The predicted octanol–water partition coefficient (Wildman–Crippen LogP) is 5.49. The summed E-state index contributed by atoms with van der Waals surface area (Å²) >= 11 is 18.2. The molecule has 0 radical (unpaired) electrons. The minimum absolute atomic E-state index is 0.00847. The van der Waals surface area contributed by atoms with Crippen molar-refractivity contribution < 1.29 is 17.9 Å². The summed E-state index contributed by atoms with van der Waals surface area (Å²) in [5, 5.41) is 3.43. The van der Waals surface area contributed by atoms with Gasteiger partial charge in [0, 0.05) is 10.0 Å². The monoisotopic (exact) mass is 498 g/mol. The van der Waals surface area contributed by atoms with Gasteiger partial charge in [0.1, 0.15) is 12.3 Å². The summed E-state index contributed by atoms with van der Waals surface area (Å²) in [6.45, 7) is -0.547. The van der Waals surface area contributed by atoms with E-state index in [-0.39, 0.29) is 15.6 Å². The van der Waals surface area contributed by atoms with E-state index in [1.807, 2.05) is 0 Å². The Balaban J connectivity index is 1.99. The molecule has 0 heterocycles. The van der Waals surface area contributed by atoms with Crippen LogP contribution in [0, 0.1) is 0 Å². The number of hydrogen-bond donors (Lipinski definition) is 1. The van der Waals surface area contributed by atoms with Gasteiger partial charge in [0.05, 0.1) is 28.4 Å². The number of carbonyl (C=O) groups excluding carboxylic acids is 1. The smallest absolute Gasteiger partial charge is 0.264 e. The fourth-order valence-corrected chi connectivity index (χ4v) is 4.99. The molecule has 0 spiro atoms. The lowest BCUT2D eigenvalue weighted by atomic mass is 10.3. The highest BCUT2D eigenvalue weighted by Crippen LogP contribution is 2.33. The van der Waals surface area contributed by atoms with E-state index < -0.39 is 22.5 Å². The van der Waals surface area contributed by atoms with Crippen LogP contribution in [0.5, 0.6) is 5.75 Å². The van der Waals surface area contributed by atoms with Gasteiger partial charge in [0.15, 0.2) is 0 Å². The normalized spacial score (nSPS) is 11.1. The molecule has 162 valence electrons. The van der Waals surface area contributed by atoms with E-state index >= 15 is 0 Å². The predicted molar refractivity (Wildman–Crippen MR) is 124 cm³/mol. The molecule has 31 heavy (non-hydrogen) atoms. The fourth-order valence-electron chi connectivity index (χ4n) is 2.80. The first-order valence-electron chi connectivity index (χ1n) is 8.88. The average molecular weight is 500 g/mol. The van der Waals surface area contributed by atoms with Crippen LogP contribution in [0.25, 0.3) is 0 Å². The fraction of sp³-hybridized carbons (Fsp3) is 0.0952. The van der Waals surface area contributed by atoms with E-state index in [0.717, 1.165) is 4.31 Å². The number of carbonyl (C=O) groups is 1. The maximum atomic E-state index is 13.3. The molecule has 0 saturated heterocycles. The molecule has 0 saturated carbocycles. The second-order valence-electron chi connectivity index (χ2n) is 6.31. The third-order valence-corrected chi connectivity index (χ3v) is 6.78. The van der Waals surface area contributed by atoms with Crippen LogP contribution in [0.3, 0.4) is 0 Å². The Morgan fingerprint density at radius 2 is 1.61 bits per heavy atom. The molecule has 0 aliphatic rings. The van der Waals surface area contributed by atoms with Gasteiger partial charge in [-0.2, -0.15) is 0 Å². The maximum Gasteiger partial charge on any atom is 0.264 e. The minimum atomic E-state index is -4.11. The summed E-state index contributed by atoms with van der Waals surface area (Å²) in [5.74, 6) is -0.245. The van der Waals surface area contributed by atoms with Crippen molar-refractivity contribution in [1.29, 1.82) is 0 Å². The van der Waals surface area contributed by atoms with Crippen molar-refractivity contribution in [2.75, 3.05) is 23.3 Å². The number of rotatable bonds is 7. The van der Waals surface area contributed by atoms with E-state index in [1.54, 1.807) is 30.3 Å². The molecule has 10 heteroatoms. The Morgan fingerprint density at radius 1 is 0.968 bits per heavy atom. The number of hydrogen-bond acceptors (Lipinski definition) is 4. The van der Waals surface area contributed by atoms with Crippen molar-refractivity contribution in [2.45, 2.75) is 4.90 Å². The number of sulfonamides is 1. The third-order valence-electron chi connectivity index (χ3n) is 4.23. The van der Waals surface area contributed by atoms with Crippen molar-refractivity contribution >= 4 is 62.1 Å². The van der Waals surface area contributed by atoms with Gasteiger partial charge in [-0.05, 0) is 48.5 Å². The van der Waals surface area contributed by atoms with Gasteiger partial charge in [-0.1, -0.05) is 53.0 Å². The number of benzene rings is 3. The van der Waals surface area contributed by atoms with Crippen molar-refractivity contribution in [3.05, 3.63) is 81.8 Å². The largest absolute Gasteiger partial charge is 0.495 e. The standard InChI is InChI=1S/C21H17Cl3N2O4S/c1-30-20-10-8-15(23)12-18(20)25-21(27)13-26(19-9-7-14(22)11-17(19)24)31(28,29)16-5-3-2-4-6-16/h2-12H,13H2,1H3,(H,25,27). The first kappa shape index (κ1) is 23.2. The molecule has 0 bridgehead atoms. The van der Waals surface area contributed by atoms with Crippen molar-refractivity contribution in [3.63, 3.8) is 0 Å². The summed E-state index contributed by atoms with van der Waals surface area (Å²) in [6.07, 6.45) is 0. The van der Waals surface area contributed by atoms with Crippen molar-refractivity contribution in [3.8, 4) is 5.75 Å². The van der Waals surface area contributed by atoms with Crippen molar-refractivity contribution in [1.82, 2.24) is 0 Å². The van der Waals surface area contributed by atoms with Gasteiger partial charge >= 0.3 is 0 Å². The van der Waals surface area contributed by atoms with E-state index in [2.05, 4.69) is 5.32 Å². The van der Waals surface area contributed by atoms with Crippen LogP contribution in [-0.2, 0) is 14.8 Å². The number of halogens is 3. The minimum Gasteiger partial charge on any atom is -0.495 e. The quantitative estimate of drug-likeness (QED) is 0.466. The summed E-state index contributed by atoms with van der Waals surface area (Å²) in [7, 11) is -2.67. The molecule has 1 amide bonds. The SMILES string of the molecule is COc1ccc(Cl)cc1NC(=O)CN(c1ccc(Cl)cc1Cl)S(=O)(=O)c1ccccc1.